The number of rotatable bonds is 2. The fourth-order valence-corrected chi connectivity index (χ4v) is 2.45. The van der Waals surface area contributed by atoms with Gasteiger partial charge in [-0.1, -0.05) is 0 Å². The van der Waals surface area contributed by atoms with Crippen molar-refractivity contribution in [2.24, 2.45) is 0 Å². The molecule has 0 amide bonds. The number of nitrogens with one attached hydrogen (secondary N) is 1. The summed E-state index contributed by atoms with van der Waals surface area (Å²) in [6.45, 7) is 5.83. The van der Waals surface area contributed by atoms with Gasteiger partial charge in [-0.15, -0.1) is 0 Å². The summed E-state index contributed by atoms with van der Waals surface area (Å²) in [5.41, 5.74) is 0. The van der Waals surface area contributed by atoms with Gasteiger partial charge in [-0.25, -0.2) is 0 Å². The highest BCUT2D eigenvalue weighted by Gasteiger charge is 2.29. The van der Waals surface area contributed by atoms with Crippen molar-refractivity contribution in [2.45, 2.75) is 18.5 Å². The lowest BCUT2D eigenvalue weighted by atomic mass is 10.1. The number of hydrogen-bond donors (Lipinski definition) is 2. The molecule has 2 rings (SSSR count). The molecule has 2 fully saturated rings. The smallest absolute Gasteiger partial charge is 0.0599 e. The van der Waals surface area contributed by atoms with Gasteiger partial charge in [-0.3, -0.25) is 9.80 Å². The van der Waals surface area contributed by atoms with Crippen molar-refractivity contribution in [1.29, 1.82) is 0 Å². The normalized spacial score (nSPS) is 36.4. The van der Waals surface area contributed by atoms with Gasteiger partial charge in [0.1, 0.15) is 0 Å². The van der Waals surface area contributed by atoms with Crippen LogP contribution in [-0.2, 0) is 0 Å². The molecule has 2 aliphatic rings. The summed E-state index contributed by atoms with van der Waals surface area (Å²) in [6.07, 6.45) is 1.27. The molecule has 0 saturated carbocycles. The lowest BCUT2D eigenvalue weighted by molar-refractivity contribution is 0.0395. The first-order chi connectivity index (χ1) is 6.81. The van der Waals surface area contributed by atoms with Crippen LogP contribution in [0.5, 0.6) is 0 Å². The molecule has 2 atom stereocenters. The quantitative estimate of drug-likeness (QED) is 0.596. The highest BCUT2D eigenvalue weighted by Crippen LogP contribution is 2.14. The summed E-state index contributed by atoms with van der Waals surface area (Å²) in [5, 5.41) is 12.6. The molecule has 2 saturated heterocycles. The van der Waals surface area contributed by atoms with Crippen molar-refractivity contribution < 1.29 is 5.11 Å². The van der Waals surface area contributed by atoms with E-state index in [1.165, 1.54) is 6.42 Å². The molecule has 0 aliphatic carbocycles. The fraction of sp³-hybridized carbons (Fsp3) is 1.00. The minimum absolute atomic E-state index is 0.285. The first kappa shape index (κ1) is 10.4. The first-order valence-electron chi connectivity index (χ1n) is 5.57. The molecule has 0 spiro atoms. The minimum atomic E-state index is 0.285. The average Bonchev–Trinajstić information content (AvgIpc) is 2.71. The molecule has 0 unspecified atom stereocenters. The molecule has 4 heteroatoms. The van der Waals surface area contributed by atoms with Crippen molar-refractivity contribution in [1.82, 2.24) is 15.1 Å². The van der Waals surface area contributed by atoms with Gasteiger partial charge in [0.15, 0.2) is 0 Å². The minimum Gasteiger partial charge on any atom is -0.395 e. The van der Waals surface area contributed by atoms with Crippen LogP contribution in [0.3, 0.4) is 0 Å². The van der Waals surface area contributed by atoms with Crippen molar-refractivity contribution >= 4 is 0 Å². The second kappa shape index (κ2) is 4.57. The molecule has 82 valence electrons. The van der Waals surface area contributed by atoms with Gasteiger partial charge in [-0.2, -0.15) is 0 Å². The second-order valence-corrected chi connectivity index (χ2v) is 4.46. The summed E-state index contributed by atoms with van der Waals surface area (Å²) in [6, 6.07) is 1.04. The SMILES string of the molecule is CN1CCN([C@@H]2CCNC2)C[C@H]1CO. The Balaban J connectivity index is 1.88. The third-order valence-corrected chi connectivity index (χ3v) is 3.57. The zero-order valence-corrected chi connectivity index (χ0v) is 8.95. The van der Waals surface area contributed by atoms with Gasteiger partial charge in [0, 0.05) is 38.3 Å². The molecule has 0 aromatic heterocycles. The van der Waals surface area contributed by atoms with E-state index in [-0.39, 0.29) is 6.61 Å². The zero-order chi connectivity index (χ0) is 9.97. The number of nitrogens with zero attached hydrogens (tertiary/aromatic N) is 2. The molecule has 14 heavy (non-hydrogen) atoms. The lowest BCUT2D eigenvalue weighted by Crippen LogP contribution is -2.56. The van der Waals surface area contributed by atoms with Crippen molar-refractivity contribution in [3.05, 3.63) is 0 Å². The van der Waals surface area contributed by atoms with Crippen LogP contribution in [0.25, 0.3) is 0 Å². The largest absolute Gasteiger partial charge is 0.395 e. The average molecular weight is 199 g/mol. The monoisotopic (exact) mass is 199 g/mol. The number of aliphatic hydroxyl groups is 1. The number of likely N-dealkylation sites (N-methyl/N-ethyl adjacent to an activating group) is 1. The standard InChI is InChI=1S/C10H21N3O/c1-12-4-5-13(7-10(12)8-14)9-2-3-11-6-9/h9-11,14H,2-8H2,1H3/t9-,10+/m1/s1. The van der Waals surface area contributed by atoms with Gasteiger partial charge in [0.05, 0.1) is 6.61 Å². The van der Waals surface area contributed by atoms with Crippen LogP contribution in [0.1, 0.15) is 6.42 Å². The number of aliphatic hydroxyl groups excluding tert-OH is 1. The Labute approximate surface area is 85.9 Å². The predicted molar refractivity (Wildman–Crippen MR) is 56.4 cm³/mol. The van der Waals surface area contributed by atoms with Crippen molar-refractivity contribution in [2.75, 3.05) is 46.4 Å². The van der Waals surface area contributed by atoms with E-state index in [4.69, 9.17) is 0 Å². The topological polar surface area (TPSA) is 38.7 Å². The van der Waals surface area contributed by atoms with Gasteiger partial charge in [0.25, 0.3) is 0 Å². The van der Waals surface area contributed by atoms with Crippen LogP contribution in [0.15, 0.2) is 0 Å². The number of hydrogen-bond acceptors (Lipinski definition) is 4. The second-order valence-electron chi connectivity index (χ2n) is 4.46. The van der Waals surface area contributed by atoms with E-state index in [1.807, 2.05) is 0 Å². The van der Waals surface area contributed by atoms with Crippen LogP contribution in [0.2, 0.25) is 0 Å². The Morgan fingerprint density at radius 1 is 1.43 bits per heavy atom. The Morgan fingerprint density at radius 3 is 2.93 bits per heavy atom. The Kier molecular flexibility index (Phi) is 3.38. The molecule has 2 N–H and O–H groups in total. The molecule has 0 bridgehead atoms. The van der Waals surface area contributed by atoms with E-state index in [9.17, 15) is 5.11 Å². The predicted octanol–water partition coefficient (Wildman–Crippen LogP) is -1.04. The Hall–Kier alpha value is -0.160. The maximum atomic E-state index is 9.24. The van der Waals surface area contributed by atoms with Gasteiger partial charge in [-0.05, 0) is 20.0 Å². The van der Waals surface area contributed by atoms with E-state index in [0.717, 1.165) is 32.7 Å². The zero-order valence-electron chi connectivity index (χ0n) is 8.95. The Bertz CT molecular complexity index is 182. The van der Waals surface area contributed by atoms with E-state index in [1.54, 1.807) is 0 Å². The van der Waals surface area contributed by atoms with Gasteiger partial charge in [0.2, 0.25) is 0 Å². The maximum absolute atomic E-state index is 9.24. The van der Waals surface area contributed by atoms with E-state index >= 15 is 0 Å². The highest BCUT2D eigenvalue weighted by atomic mass is 16.3. The molecule has 2 heterocycles. The summed E-state index contributed by atoms with van der Waals surface area (Å²) < 4.78 is 0. The van der Waals surface area contributed by atoms with E-state index < -0.39 is 0 Å². The maximum Gasteiger partial charge on any atom is 0.0599 e. The number of piperazine rings is 1. The molecule has 0 aromatic rings. The van der Waals surface area contributed by atoms with E-state index in [2.05, 4.69) is 22.2 Å². The molecule has 0 radical (unpaired) electrons. The Morgan fingerprint density at radius 2 is 2.29 bits per heavy atom. The van der Waals surface area contributed by atoms with Crippen LogP contribution in [-0.4, -0.2) is 73.4 Å². The summed E-state index contributed by atoms with van der Waals surface area (Å²) in [4.78, 5) is 4.79. The fourth-order valence-electron chi connectivity index (χ4n) is 2.45. The van der Waals surface area contributed by atoms with E-state index in [0.29, 0.717) is 12.1 Å². The summed E-state index contributed by atoms with van der Waals surface area (Å²) in [5.74, 6) is 0. The first-order valence-corrected chi connectivity index (χ1v) is 5.57. The molecule has 2 aliphatic heterocycles. The third-order valence-electron chi connectivity index (χ3n) is 3.57. The van der Waals surface area contributed by atoms with Crippen molar-refractivity contribution in [3.63, 3.8) is 0 Å². The van der Waals surface area contributed by atoms with Gasteiger partial charge < -0.3 is 10.4 Å². The summed E-state index contributed by atoms with van der Waals surface area (Å²) >= 11 is 0. The third kappa shape index (κ3) is 2.08. The van der Waals surface area contributed by atoms with Crippen LogP contribution >= 0.6 is 0 Å². The summed E-state index contributed by atoms with van der Waals surface area (Å²) in [7, 11) is 2.10. The molecule has 4 nitrogen and oxygen atoms in total. The lowest BCUT2D eigenvalue weighted by Gasteiger charge is -2.41. The van der Waals surface area contributed by atoms with Gasteiger partial charge >= 0.3 is 0 Å². The van der Waals surface area contributed by atoms with Crippen LogP contribution in [0.4, 0.5) is 0 Å². The van der Waals surface area contributed by atoms with Crippen LogP contribution < -0.4 is 5.32 Å². The van der Waals surface area contributed by atoms with Crippen LogP contribution in [0, 0.1) is 0 Å². The molecular weight excluding hydrogens is 178 g/mol. The highest BCUT2D eigenvalue weighted by molar-refractivity contribution is 4.87. The van der Waals surface area contributed by atoms with Crippen molar-refractivity contribution in [3.8, 4) is 0 Å². The molecule has 0 aromatic carbocycles. The molecular formula is C10H21N3O.